The standard InChI is InChI=1S/C11H15NO2.C2H5NO/c1-2-4-10(5-3-1)9-14-11-8-12-6-7-13-11;1-2(3)4/h1-5,11-12H,6-9H2;1H3,(H2,3,4). The summed E-state index contributed by atoms with van der Waals surface area (Å²) in [4.78, 5) is 9.22. The van der Waals surface area contributed by atoms with Gasteiger partial charge >= 0.3 is 0 Å². The minimum Gasteiger partial charge on any atom is -0.370 e. The molecule has 1 aromatic rings. The minimum absolute atomic E-state index is 0.0936. The highest BCUT2D eigenvalue weighted by Crippen LogP contribution is 2.05. The van der Waals surface area contributed by atoms with Crippen LogP contribution in [0.4, 0.5) is 0 Å². The summed E-state index contributed by atoms with van der Waals surface area (Å²) in [6.45, 7) is 4.37. The van der Waals surface area contributed by atoms with Crippen LogP contribution in [0, 0.1) is 0 Å². The molecule has 0 saturated carbocycles. The molecule has 1 aliphatic rings. The van der Waals surface area contributed by atoms with Gasteiger partial charge in [0, 0.05) is 20.0 Å². The summed E-state index contributed by atoms with van der Waals surface area (Å²) in [5, 5.41) is 3.22. The summed E-state index contributed by atoms with van der Waals surface area (Å²) < 4.78 is 11.0. The van der Waals surface area contributed by atoms with Gasteiger partial charge < -0.3 is 20.5 Å². The fourth-order valence-electron chi connectivity index (χ4n) is 1.41. The lowest BCUT2D eigenvalue weighted by Crippen LogP contribution is -2.39. The zero-order valence-electron chi connectivity index (χ0n) is 10.6. The number of carbonyl (C=O) groups excluding carboxylic acids is 1. The van der Waals surface area contributed by atoms with Crippen LogP contribution in [0.5, 0.6) is 0 Å². The molecule has 1 atom stereocenters. The van der Waals surface area contributed by atoms with E-state index in [4.69, 9.17) is 9.47 Å². The average Bonchev–Trinajstić information content (AvgIpc) is 2.38. The molecular weight excluding hydrogens is 232 g/mol. The molecule has 0 bridgehead atoms. The van der Waals surface area contributed by atoms with Crippen LogP contribution in [-0.2, 0) is 20.9 Å². The number of hydrogen-bond donors (Lipinski definition) is 2. The van der Waals surface area contributed by atoms with E-state index < -0.39 is 0 Å². The molecule has 5 heteroatoms. The third-order valence-corrected chi connectivity index (χ3v) is 2.17. The molecule has 1 saturated heterocycles. The van der Waals surface area contributed by atoms with Crippen LogP contribution in [0.2, 0.25) is 0 Å². The van der Waals surface area contributed by atoms with Gasteiger partial charge in [0.05, 0.1) is 13.2 Å². The van der Waals surface area contributed by atoms with E-state index in [1.165, 1.54) is 12.5 Å². The second kappa shape index (κ2) is 8.63. The summed E-state index contributed by atoms with van der Waals surface area (Å²) in [6.07, 6.45) is -0.0936. The Bertz CT molecular complexity index is 333. The Morgan fingerprint density at radius 3 is 2.72 bits per heavy atom. The van der Waals surface area contributed by atoms with Crippen molar-refractivity contribution in [1.82, 2.24) is 5.32 Å². The number of nitrogens with one attached hydrogen (secondary N) is 1. The topological polar surface area (TPSA) is 73.6 Å². The molecule has 2 rings (SSSR count). The lowest BCUT2D eigenvalue weighted by Gasteiger charge is -2.23. The summed E-state index contributed by atoms with van der Waals surface area (Å²) in [6, 6.07) is 10.1. The number of ether oxygens (including phenoxy) is 2. The number of hydrogen-bond acceptors (Lipinski definition) is 4. The van der Waals surface area contributed by atoms with Crippen molar-refractivity contribution in [3.05, 3.63) is 35.9 Å². The molecule has 18 heavy (non-hydrogen) atoms. The van der Waals surface area contributed by atoms with Crippen LogP contribution in [0.1, 0.15) is 12.5 Å². The maximum Gasteiger partial charge on any atom is 0.214 e. The molecule has 0 spiro atoms. The largest absolute Gasteiger partial charge is 0.370 e. The molecule has 1 aliphatic heterocycles. The molecule has 100 valence electrons. The maximum atomic E-state index is 9.22. The summed E-state index contributed by atoms with van der Waals surface area (Å²) in [5.41, 5.74) is 5.65. The number of rotatable bonds is 3. The van der Waals surface area contributed by atoms with Gasteiger partial charge in [-0.15, -0.1) is 0 Å². The third kappa shape index (κ3) is 7.01. The molecule has 1 fully saturated rings. The van der Waals surface area contributed by atoms with E-state index in [9.17, 15) is 4.79 Å². The number of morpholine rings is 1. The van der Waals surface area contributed by atoms with Crippen molar-refractivity contribution >= 4 is 5.91 Å². The fourth-order valence-corrected chi connectivity index (χ4v) is 1.41. The molecule has 1 unspecified atom stereocenters. The van der Waals surface area contributed by atoms with Crippen LogP contribution in [-0.4, -0.2) is 31.9 Å². The first-order valence-electron chi connectivity index (χ1n) is 5.92. The van der Waals surface area contributed by atoms with Gasteiger partial charge in [-0.2, -0.15) is 0 Å². The van der Waals surface area contributed by atoms with Crippen LogP contribution in [0.3, 0.4) is 0 Å². The highest BCUT2D eigenvalue weighted by molar-refractivity contribution is 5.70. The smallest absolute Gasteiger partial charge is 0.214 e. The molecule has 0 aliphatic carbocycles. The van der Waals surface area contributed by atoms with Gasteiger partial charge in [0.25, 0.3) is 0 Å². The number of amides is 1. The van der Waals surface area contributed by atoms with E-state index in [-0.39, 0.29) is 12.2 Å². The van der Waals surface area contributed by atoms with Crippen LogP contribution in [0.25, 0.3) is 0 Å². The SMILES string of the molecule is CC(N)=O.c1ccc(COC2CNCCO2)cc1. The molecule has 5 nitrogen and oxygen atoms in total. The predicted octanol–water partition coefficient (Wildman–Crippen LogP) is 0.641. The van der Waals surface area contributed by atoms with Crippen molar-refractivity contribution in [3.8, 4) is 0 Å². The van der Waals surface area contributed by atoms with E-state index in [2.05, 4.69) is 23.2 Å². The van der Waals surface area contributed by atoms with Crippen LogP contribution >= 0.6 is 0 Å². The van der Waals surface area contributed by atoms with Crippen molar-refractivity contribution in [1.29, 1.82) is 0 Å². The second-order valence-electron chi connectivity index (χ2n) is 3.91. The average molecular weight is 252 g/mol. The predicted molar refractivity (Wildman–Crippen MR) is 68.7 cm³/mol. The Hall–Kier alpha value is -1.43. The number of primary amides is 1. The van der Waals surface area contributed by atoms with Crippen molar-refractivity contribution < 1.29 is 14.3 Å². The first-order valence-corrected chi connectivity index (χ1v) is 5.92. The first-order chi connectivity index (χ1) is 8.68. The van der Waals surface area contributed by atoms with E-state index >= 15 is 0 Å². The lowest BCUT2D eigenvalue weighted by atomic mass is 10.2. The van der Waals surface area contributed by atoms with Crippen molar-refractivity contribution in [2.24, 2.45) is 5.73 Å². The van der Waals surface area contributed by atoms with E-state index in [1.807, 2.05) is 18.2 Å². The van der Waals surface area contributed by atoms with Gasteiger partial charge in [-0.3, -0.25) is 4.79 Å². The van der Waals surface area contributed by atoms with Gasteiger partial charge in [-0.25, -0.2) is 0 Å². The molecule has 1 aromatic carbocycles. The maximum absolute atomic E-state index is 9.22. The Morgan fingerprint density at radius 2 is 2.17 bits per heavy atom. The quantitative estimate of drug-likeness (QED) is 0.828. The van der Waals surface area contributed by atoms with Gasteiger partial charge in [0.15, 0.2) is 6.29 Å². The van der Waals surface area contributed by atoms with Crippen molar-refractivity contribution in [3.63, 3.8) is 0 Å². The van der Waals surface area contributed by atoms with Gasteiger partial charge in [-0.1, -0.05) is 30.3 Å². The number of carbonyl (C=O) groups is 1. The first kappa shape index (κ1) is 14.6. The summed E-state index contributed by atoms with van der Waals surface area (Å²) in [5.74, 6) is -0.333. The van der Waals surface area contributed by atoms with Gasteiger partial charge in [0.1, 0.15) is 0 Å². The zero-order valence-corrected chi connectivity index (χ0v) is 10.6. The van der Waals surface area contributed by atoms with Crippen LogP contribution < -0.4 is 11.1 Å². The monoisotopic (exact) mass is 252 g/mol. The fraction of sp³-hybridized carbons (Fsp3) is 0.462. The zero-order chi connectivity index (χ0) is 13.2. The second-order valence-corrected chi connectivity index (χ2v) is 3.91. The van der Waals surface area contributed by atoms with E-state index in [0.717, 1.165) is 19.7 Å². The molecule has 3 N–H and O–H groups in total. The highest BCUT2D eigenvalue weighted by atomic mass is 16.7. The molecule has 0 aromatic heterocycles. The van der Waals surface area contributed by atoms with E-state index in [1.54, 1.807) is 0 Å². The van der Waals surface area contributed by atoms with Gasteiger partial charge in [0.2, 0.25) is 5.91 Å². The highest BCUT2D eigenvalue weighted by Gasteiger charge is 2.12. The molecular formula is C13H20N2O3. The summed E-state index contributed by atoms with van der Waals surface area (Å²) in [7, 11) is 0. The Kier molecular flexibility index (Phi) is 7.01. The Balaban J connectivity index is 0.000000357. The Labute approximate surface area is 107 Å². The van der Waals surface area contributed by atoms with Crippen molar-refractivity contribution in [2.75, 3.05) is 19.7 Å². The third-order valence-electron chi connectivity index (χ3n) is 2.17. The van der Waals surface area contributed by atoms with Crippen molar-refractivity contribution in [2.45, 2.75) is 19.8 Å². The lowest BCUT2D eigenvalue weighted by molar-refractivity contribution is -0.159. The minimum atomic E-state index is -0.333. The van der Waals surface area contributed by atoms with E-state index in [0.29, 0.717) is 6.61 Å². The molecule has 1 heterocycles. The molecule has 1 amide bonds. The van der Waals surface area contributed by atoms with Crippen LogP contribution in [0.15, 0.2) is 30.3 Å². The molecule has 0 radical (unpaired) electrons. The number of benzene rings is 1. The normalized spacial score (nSPS) is 18.6. The van der Waals surface area contributed by atoms with Gasteiger partial charge in [-0.05, 0) is 5.56 Å². The Morgan fingerprint density at radius 1 is 1.50 bits per heavy atom. The summed E-state index contributed by atoms with van der Waals surface area (Å²) >= 11 is 0. The number of nitrogens with two attached hydrogens (primary N) is 1.